The Bertz CT molecular complexity index is 1200. The van der Waals surface area contributed by atoms with E-state index in [1.165, 1.54) is 6.07 Å². The van der Waals surface area contributed by atoms with Gasteiger partial charge in [-0.05, 0) is 54.4 Å². The van der Waals surface area contributed by atoms with Gasteiger partial charge < -0.3 is 14.5 Å². The van der Waals surface area contributed by atoms with Crippen molar-refractivity contribution in [3.8, 4) is 16.9 Å². The van der Waals surface area contributed by atoms with Gasteiger partial charge in [0.25, 0.3) is 5.91 Å². The minimum Gasteiger partial charge on any atom is -0.481 e. The molecule has 5 heteroatoms. The predicted octanol–water partition coefficient (Wildman–Crippen LogP) is 4.87. The predicted molar refractivity (Wildman–Crippen MR) is 113 cm³/mol. The Labute approximate surface area is 167 Å². The van der Waals surface area contributed by atoms with Crippen molar-refractivity contribution in [3.05, 3.63) is 95.3 Å². The number of ether oxygens (including phenoxy) is 1. The van der Waals surface area contributed by atoms with Gasteiger partial charge in [0, 0.05) is 17.1 Å². The average molecular weight is 385 g/mol. The van der Waals surface area contributed by atoms with E-state index in [0.29, 0.717) is 17.0 Å². The molecule has 1 heterocycles. The number of hydrogen-bond acceptors (Lipinski definition) is 4. The van der Waals surface area contributed by atoms with Crippen LogP contribution >= 0.6 is 0 Å². The van der Waals surface area contributed by atoms with Crippen LogP contribution in [0.1, 0.15) is 6.92 Å². The highest BCUT2D eigenvalue weighted by atomic mass is 16.5. The molecule has 4 rings (SSSR count). The van der Waals surface area contributed by atoms with Gasteiger partial charge in [0.05, 0.1) is 0 Å². The SMILES string of the molecule is CC(Oc1ccc(-c2ccccc2)cc1)C(=O)Nc1ccc2oc(=O)ccc2c1. The Hall–Kier alpha value is -3.86. The highest BCUT2D eigenvalue weighted by molar-refractivity contribution is 5.96. The van der Waals surface area contributed by atoms with Gasteiger partial charge in [-0.1, -0.05) is 42.5 Å². The molecule has 0 aliphatic carbocycles. The van der Waals surface area contributed by atoms with E-state index in [-0.39, 0.29) is 5.91 Å². The van der Waals surface area contributed by atoms with Gasteiger partial charge in [-0.2, -0.15) is 0 Å². The van der Waals surface area contributed by atoms with Crippen LogP contribution in [0.3, 0.4) is 0 Å². The molecule has 0 aliphatic rings. The Balaban J connectivity index is 1.41. The molecule has 0 spiro atoms. The second-order valence-electron chi connectivity index (χ2n) is 6.65. The topological polar surface area (TPSA) is 68.5 Å². The molecule has 0 aliphatic heterocycles. The number of nitrogens with one attached hydrogen (secondary N) is 1. The number of amides is 1. The van der Waals surface area contributed by atoms with Crippen LogP contribution in [0.25, 0.3) is 22.1 Å². The normalized spacial score (nSPS) is 11.8. The molecule has 29 heavy (non-hydrogen) atoms. The summed E-state index contributed by atoms with van der Waals surface area (Å²) in [7, 11) is 0. The van der Waals surface area contributed by atoms with E-state index in [1.807, 2.05) is 54.6 Å². The molecular weight excluding hydrogens is 366 g/mol. The number of anilines is 1. The third-order valence-electron chi connectivity index (χ3n) is 4.53. The standard InChI is InChI=1S/C24H19NO4/c1-16(28-21-11-7-18(8-12-21)17-5-3-2-4-6-17)24(27)25-20-10-13-22-19(15-20)9-14-23(26)29-22/h2-16H,1H3,(H,25,27). The summed E-state index contributed by atoms with van der Waals surface area (Å²) in [4.78, 5) is 23.7. The van der Waals surface area contributed by atoms with Gasteiger partial charge in [-0.3, -0.25) is 4.79 Å². The second-order valence-corrected chi connectivity index (χ2v) is 6.65. The molecule has 5 nitrogen and oxygen atoms in total. The molecule has 4 aromatic rings. The number of rotatable bonds is 5. The molecule has 0 bridgehead atoms. The molecule has 1 N–H and O–H groups in total. The van der Waals surface area contributed by atoms with E-state index in [9.17, 15) is 9.59 Å². The lowest BCUT2D eigenvalue weighted by Crippen LogP contribution is -2.30. The third-order valence-corrected chi connectivity index (χ3v) is 4.53. The zero-order valence-corrected chi connectivity index (χ0v) is 15.8. The monoisotopic (exact) mass is 385 g/mol. The first-order valence-corrected chi connectivity index (χ1v) is 9.25. The molecule has 0 saturated carbocycles. The summed E-state index contributed by atoms with van der Waals surface area (Å²) in [6.07, 6.45) is -0.679. The van der Waals surface area contributed by atoms with Crippen molar-refractivity contribution in [2.24, 2.45) is 0 Å². The fourth-order valence-electron chi connectivity index (χ4n) is 3.01. The van der Waals surface area contributed by atoms with Gasteiger partial charge in [0.2, 0.25) is 0 Å². The number of carbonyl (C=O) groups is 1. The summed E-state index contributed by atoms with van der Waals surface area (Å²) in [6.45, 7) is 1.69. The van der Waals surface area contributed by atoms with E-state index in [0.717, 1.165) is 16.5 Å². The Morgan fingerprint density at radius 1 is 0.897 bits per heavy atom. The van der Waals surface area contributed by atoms with E-state index in [4.69, 9.17) is 9.15 Å². The van der Waals surface area contributed by atoms with Crippen LogP contribution in [0.15, 0.2) is 94.1 Å². The van der Waals surface area contributed by atoms with Crippen molar-refractivity contribution in [3.63, 3.8) is 0 Å². The van der Waals surface area contributed by atoms with Crippen molar-refractivity contribution in [1.82, 2.24) is 0 Å². The average Bonchev–Trinajstić information content (AvgIpc) is 2.75. The van der Waals surface area contributed by atoms with E-state index in [2.05, 4.69) is 5.32 Å². The van der Waals surface area contributed by atoms with Crippen LogP contribution in [0.5, 0.6) is 5.75 Å². The van der Waals surface area contributed by atoms with Crippen molar-refractivity contribution in [2.45, 2.75) is 13.0 Å². The number of carbonyl (C=O) groups excluding carboxylic acids is 1. The van der Waals surface area contributed by atoms with Crippen molar-refractivity contribution in [1.29, 1.82) is 0 Å². The number of fused-ring (bicyclic) bond motifs is 1. The first-order chi connectivity index (χ1) is 14.1. The Kier molecular flexibility index (Phi) is 5.12. The molecule has 1 aromatic heterocycles. The first-order valence-electron chi connectivity index (χ1n) is 9.25. The maximum atomic E-state index is 12.5. The minimum atomic E-state index is -0.679. The van der Waals surface area contributed by atoms with Gasteiger partial charge in [0.1, 0.15) is 11.3 Å². The van der Waals surface area contributed by atoms with Gasteiger partial charge in [0.15, 0.2) is 6.10 Å². The zero-order valence-electron chi connectivity index (χ0n) is 15.8. The second kappa shape index (κ2) is 8.02. The van der Waals surface area contributed by atoms with Crippen LogP contribution in [-0.2, 0) is 4.79 Å². The summed E-state index contributed by atoms with van der Waals surface area (Å²) in [6, 6.07) is 25.8. The molecular formula is C24H19NO4. The number of hydrogen-bond donors (Lipinski definition) is 1. The summed E-state index contributed by atoms with van der Waals surface area (Å²) >= 11 is 0. The molecule has 1 amide bonds. The fraction of sp³-hybridized carbons (Fsp3) is 0.0833. The van der Waals surface area contributed by atoms with Crippen molar-refractivity contribution >= 4 is 22.6 Å². The molecule has 3 aromatic carbocycles. The molecule has 1 atom stereocenters. The van der Waals surface area contributed by atoms with Crippen LogP contribution in [0.4, 0.5) is 5.69 Å². The summed E-state index contributed by atoms with van der Waals surface area (Å²) < 4.78 is 10.9. The quantitative estimate of drug-likeness (QED) is 0.498. The molecule has 0 saturated heterocycles. The summed E-state index contributed by atoms with van der Waals surface area (Å²) in [5.74, 6) is 0.349. The summed E-state index contributed by atoms with van der Waals surface area (Å²) in [5.41, 5.74) is 2.87. The van der Waals surface area contributed by atoms with E-state index in [1.54, 1.807) is 31.2 Å². The minimum absolute atomic E-state index is 0.270. The highest BCUT2D eigenvalue weighted by Crippen LogP contribution is 2.23. The first kappa shape index (κ1) is 18.5. The Morgan fingerprint density at radius 3 is 2.38 bits per heavy atom. The zero-order chi connectivity index (χ0) is 20.2. The van der Waals surface area contributed by atoms with Crippen molar-refractivity contribution < 1.29 is 13.9 Å². The lowest BCUT2D eigenvalue weighted by molar-refractivity contribution is -0.122. The van der Waals surface area contributed by atoms with E-state index < -0.39 is 11.7 Å². The third kappa shape index (κ3) is 4.35. The summed E-state index contributed by atoms with van der Waals surface area (Å²) in [5, 5.41) is 3.55. The molecule has 1 unspecified atom stereocenters. The smallest absolute Gasteiger partial charge is 0.336 e. The number of benzene rings is 3. The maximum absolute atomic E-state index is 12.5. The highest BCUT2D eigenvalue weighted by Gasteiger charge is 2.15. The molecule has 0 radical (unpaired) electrons. The van der Waals surface area contributed by atoms with Gasteiger partial charge in [-0.15, -0.1) is 0 Å². The van der Waals surface area contributed by atoms with Gasteiger partial charge in [-0.25, -0.2) is 4.79 Å². The van der Waals surface area contributed by atoms with Crippen LogP contribution in [0, 0.1) is 0 Å². The largest absolute Gasteiger partial charge is 0.481 e. The van der Waals surface area contributed by atoms with E-state index >= 15 is 0 Å². The molecule has 0 fully saturated rings. The molecule has 144 valence electrons. The van der Waals surface area contributed by atoms with Crippen molar-refractivity contribution in [2.75, 3.05) is 5.32 Å². The van der Waals surface area contributed by atoms with Crippen LogP contribution in [0.2, 0.25) is 0 Å². The maximum Gasteiger partial charge on any atom is 0.336 e. The fourth-order valence-corrected chi connectivity index (χ4v) is 3.01. The van der Waals surface area contributed by atoms with Gasteiger partial charge >= 0.3 is 5.63 Å². The van der Waals surface area contributed by atoms with Crippen LogP contribution in [-0.4, -0.2) is 12.0 Å². The van der Waals surface area contributed by atoms with Crippen LogP contribution < -0.4 is 15.7 Å². The lowest BCUT2D eigenvalue weighted by Gasteiger charge is -2.15. The Morgan fingerprint density at radius 2 is 1.62 bits per heavy atom. The lowest BCUT2D eigenvalue weighted by atomic mass is 10.1.